The standard InChI is InChI=1S/C56H36/c1-2-14-39(15-3-1)53-33-42-18-8-9-19-43(42)34-54(53)47-27-29-52-51-28-26-45(50-21-11-10-20-49(50)44-24-22-37-12-4-6-16-40(37)30-44)32-48(51)36-55(56(52)35-47)46-25-23-38-13-5-7-17-41(38)31-46/h1-36H. The summed E-state index contributed by atoms with van der Waals surface area (Å²) in [6.45, 7) is 0. The minimum atomic E-state index is 1.21. The highest BCUT2D eigenvalue weighted by Gasteiger charge is 2.16. The molecule has 0 aromatic heterocycles. The molecule has 0 aliphatic carbocycles. The summed E-state index contributed by atoms with van der Waals surface area (Å²) in [6, 6.07) is 80.6. The Labute approximate surface area is 326 Å². The molecule has 0 aliphatic rings. The molecule has 0 bridgehead atoms. The Kier molecular flexibility index (Phi) is 7.60. The van der Waals surface area contributed by atoms with Gasteiger partial charge in [0.2, 0.25) is 0 Å². The average Bonchev–Trinajstić information content (AvgIpc) is 3.28. The lowest BCUT2D eigenvalue weighted by Gasteiger charge is -2.17. The first kappa shape index (κ1) is 32.2. The van der Waals surface area contributed by atoms with Crippen LogP contribution < -0.4 is 0 Å². The second-order valence-electron chi connectivity index (χ2n) is 14.9. The van der Waals surface area contributed by atoms with Gasteiger partial charge in [-0.2, -0.15) is 0 Å². The number of rotatable bonds is 5. The van der Waals surface area contributed by atoms with Crippen molar-refractivity contribution in [2.45, 2.75) is 0 Å². The molecule has 0 unspecified atom stereocenters. The molecule has 0 saturated carbocycles. The summed E-state index contributed by atoms with van der Waals surface area (Å²) in [5.74, 6) is 0. The zero-order valence-corrected chi connectivity index (χ0v) is 30.8. The van der Waals surface area contributed by atoms with Gasteiger partial charge in [-0.1, -0.05) is 176 Å². The van der Waals surface area contributed by atoms with Gasteiger partial charge in [0.15, 0.2) is 0 Å². The Hall–Kier alpha value is -7.28. The third-order valence-electron chi connectivity index (χ3n) is 11.6. The second kappa shape index (κ2) is 13.2. The van der Waals surface area contributed by atoms with Gasteiger partial charge in [0, 0.05) is 0 Å². The monoisotopic (exact) mass is 708 g/mol. The highest BCUT2D eigenvalue weighted by Crippen LogP contribution is 2.43. The summed E-state index contributed by atoms with van der Waals surface area (Å²) in [5.41, 5.74) is 12.3. The molecule has 11 aromatic carbocycles. The normalized spacial score (nSPS) is 11.6. The van der Waals surface area contributed by atoms with Crippen molar-refractivity contribution in [2.75, 3.05) is 0 Å². The molecule has 0 atom stereocenters. The molecule has 0 heterocycles. The van der Waals surface area contributed by atoms with Gasteiger partial charge in [0.25, 0.3) is 0 Å². The topological polar surface area (TPSA) is 0 Å². The van der Waals surface area contributed by atoms with Crippen LogP contribution in [-0.4, -0.2) is 0 Å². The van der Waals surface area contributed by atoms with Crippen LogP contribution in [0.5, 0.6) is 0 Å². The van der Waals surface area contributed by atoms with Crippen LogP contribution >= 0.6 is 0 Å². The molecule has 0 saturated heterocycles. The summed E-state index contributed by atoms with van der Waals surface area (Å²) in [6.07, 6.45) is 0. The first-order chi connectivity index (χ1) is 27.7. The van der Waals surface area contributed by atoms with Gasteiger partial charge in [0.1, 0.15) is 0 Å². The summed E-state index contributed by atoms with van der Waals surface area (Å²) in [7, 11) is 0. The molecule has 0 N–H and O–H groups in total. The highest BCUT2D eigenvalue weighted by atomic mass is 14.2. The Morgan fingerprint density at radius 3 is 1.14 bits per heavy atom. The van der Waals surface area contributed by atoms with Crippen molar-refractivity contribution in [1.82, 2.24) is 0 Å². The Morgan fingerprint density at radius 2 is 0.554 bits per heavy atom. The summed E-state index contributed by atoms with van der Waals surface area (Å²) >= 11 is 0. The van der Waals surface area contributed by atoms with E-state index in [4.69, 9.17) is 0 Å². The van der Waals surface area contributed by atoms with Crippen molar-refractivity contribution in [2.24, 2.45) is 0 Å². The van der Waals surface area contributed by atoms with Crippen molar-refractivity contribution in [1.29, 1.82) is 0 Å². The predicted octanol–water partition coefficient (Wildman–Crippen LogP) is 15.8. The minimum Gasteiger partial charge on any atom is -0.0622 e. The zero-order chi connectivity index (χ0) is 37.0. The molecule has 0 aliphatic heterocycles. The molecule has 11 aromatic rings. The molecule has 0 spiro atoms. The molecular formula is C56H36. The molecule has 0 nitrogen and oxygen atoms in total. The fraction of sp³-hybridized carbons (Fsp3) is 0. The van der Waals surface area contributed by atoms with E-state index in [1.54, 1.807) is 0 Å². The molecule has 56 heavy (non-hydrogen) atoms. The zero-order valence-electron chi connectivity index (χ0n) is 30.8. The number of benzene rings is 11. The maximum atomic E-state index is 2.43. The third kappa shape index (κ3) is 5.54. The molecule has 260 valence electrons. The van der Waals surface area contributed by atoms with Crippen LogP contribution in [0.1, 0.15) is 0 Å². The van der Waals surface area contributed by atoms with Crippen molar-refractivity contribution < 1.29 is 0 Å². The van der Waals surface area contributed by atoms with Gasteiger partial charge in [-0.05, 0) is 152 Å². The van der Waals surface area contributed by atoms with E-state index in [0.29, 0.717) is 0 Å². The van der Waals surface area contributed by atoms with E-state index in [2.05, 4.69) is 218 Å². The van der Waals surface area contributed by atoms with E-state index in [9.17, 15) is 0 Å². The average molecular weight is 709 g/mol. The van der Waals surface area contributed by atoms with E-state index in [0.717, 1.165) is 0 Å². The first-order valence-corrected chi connectivity index (χ1v) is 19.4. The highest BCUT2D eigenvalue weighted by molar-refractivity contribution is 6.16. The molecule has 0 heteroatoms. The van der Waals surface area contributed by atoms with Crippen LogP contribution in [0, 0.1) is 0 Å². The van der Waals surface area contributed by atoms with E-state index in [1.807, 2.05) is 0 Å². The molecule has 0 radical (unpaired) electrons. The fourth-order valence-electron chi connectivity index (χ4n) is 8.77. The number of fused-ring (bicyclic) bond motifs is 6. The fourth-order valence-corrected chi connectivity index (χ4v) is 8.77. The van der Waals surface area contributed by atoms with Gasteiger partial charge in [-0.25, -0.2) is 0 Å². The second-order valence-corrected chi connectivity index (χ2v) is 14.9. The third-order valence-corrected chi connectivity index (χ3v) is 11.6. The van der Waals surface area contributed by atoms with Crippen LogP contribution in [0.3, 0.4) is 0 Å². The SMILES string of the molecule is c1ccc(-c2cc3ccccc3cc2-c2ccc3c(c2)c(-c2ccc4ccccc4c2)cc2cc(-c4ccccc4-c4ccc5ccccc5c4)ccc23)cc1. The van der Waals surface area contributed by atoms with Crippen LogP contribution in [0.15, 0.2) is 218 Å². The van der Waals surface area contributed by atoms with Crippen LogP contribution in [-0.2, 0) is 0 Å². The van der Waals surface area contributed by atoms with E-state index >= 15 is 0 Å². The van der Waals surface area contributed by atoms with Gasteiger partial charge in [-0.3, -0.25) is 0 Å². The Balaban J connectivity index is 1.14. The smallest absolute Gasteiger partial charge is 0.00928 e. The van der Waals surface area contributed by atoms with Crippen LogP contribution in [0.4, 0.5) is 0 Å². The largest absolute Gasteiger partial charge is 0.0622 e. The van der Waals surface area contributed by atoms with Gasteiger partial charge < -0.3 is 0 Å². The van der Waals surface area contributed by atoms with Crippen LogP contribution in [0.2, 0.25) is 0 Å². The van der Waals surface area contributed by atoms with E-state index < -0.39 is 0 Å². The van der Waals surface area contributed by atoms with Gasteiger partial charge >= 0.3 is 0 Å². The number of hydrogen-bond acceptors (Lipinski definition) is 0. The van der Waals surface area contributed by atoms with Crippen molar-refractivity contribution >= 4 is 53.9 Å². The van der Waals surface area contributed by atoms with Gasteiger partial charge in [0.05, 0.1) is 0 Å². The minimum absolute atomic E-state index is 1.21. The number of hydrogen-bond donors (Lipinski definition) is 0. The molecular weight excluding hydrogens is 673 g/mol. The maximum absolute atomic E-state index is 2.43. The Bertz CT molecular complexity index is 3300. The van der Waals surface area contributed by atoms with Crippen molar-refractivity contribution in [3.05, 3.63) is 218 Å². The lowest BCUT2D eigenvalue weighted by molar-refractivity contribution is 1.60. The van der Waals surface area contributed by atoms with E-state index in [-0.39, 0.29) is 0 Å². The van der Waals surface area contributed by atoms with Crippen molar-refractivity contribution in [3.63, 3.8) is 0 Å². The lowest BCUT2D eigenvalue weighted by atomic mass is 9.86. The summed E-state index contributed by atoms with van der Waals surface area (Å²) < 4.78 is 0. The first-order valence-electron chi connectivity index (χ1n) is 19.4. The van der Waals surface area contributed by atoms with Crippen molar-refractivity contribution in [3.8, 4) is 55.6 Å². The predicted molar refractivity (Wildman–Crippen MR) is 241 cm³/mol. The Morgan fingerprint density at radius 1 is 0.161 bits per heavy atom. The van der Waals surface area contributed by atoms with Gasteiger partial charge in [-0.15, -0.1) is 0 Å². The molecule has 11 rings (SSSR count). The van der Waals surface area contributed by atoms with Crippen LogP contribution in [0.25, 0.3) is 109 Å². The van der Waals surface area contributed by atoms with E-state index in [1.165, 1.54) is 109 Å². The maximum Gasteiger partial charge on any atom is -0.00928 e. The quantitative estimate of drug-likeness (QED) is 0.156. The summed E-state index contributed by atoms with van der Waals surface area (Å²) in [5, 5.41) is 12.5. The summed E-state index contributed by atoms with van der Waals surface area (Å²) in [4.78, 5) is 0. The molecule has 0 fully saturated rings. The lowest BCUT2D eigenvalue weighted by Crippen LogP contribution is -1.90. The molecule has 0 amide bonds.